The van der Waals surface area contributed by atoms with Crippen molar-refractivity contribution in [2.75, 3.05) is 14.2 Å². The van der Waals surface area contributed by atoms with Crippen LogP contribution in [0.1, 0.15) is 15.9 Å². The van der Waals surface area contributed by atoms with Gasteiger partial charge in [0, 0.05) is 16.3 Å². The van der Waals surface area contributed by atoms with Crippen LogP contribution in [-0.4, -0.2) is 20.5 Å². The number of aldehydes is 1. The van der Waals surface area contributed by atoms with Gasteiger partial charge in [-0.1, -0.05) is 6.07 Å². The number of ether oxygens (including phenoxy) is 2. The summed E-state index contributed by atoms with van der Waals surface area (Å²) >= 11 is 0. The maximum Gasteiger partial charge on any atom is 0.150 e. The average Bonchev–Trinajstić information content (AvgIpc) is 2.37. The molecule has 0 aromatic heterocycles. The molecule has 0 N–H and O–H groups in total. The van der Waals surface area contributed by atoms with Crippen molar-refractivity contribution in [1.82, 2.24) is 0 Å². The van der Waals surface area contributed by atoms with Gasteiger partial charge >= 0.3 is 0 Å². The van der Waals surface area contributed by atoms with Gasteiger partial charge < -0.3 is 9.47 Å². The largest absolute Gasteiger partial charge is 0.496 e. The molecule has 0 fully saturated rings. The second-order valence-electron chi connectivity index (χ2n) is 3.85. The van der Waals surface area contributed by atoms with Crippen LogP contribution >= 0.6 is 0 Å². The number of aryl methyl sites for hydroxylation is 1. The van der Waals surface area contributed by atoms with Crippen LogP contribution in [0.5, 0.6) is 11.5 Å². The van der Waals surface area contributed by atoms with E-state index in [0.29, 0.717) is 5.56 Å². The van der Waals surface area contributed by atoms with Crippen molar-refractivity contribution in [2.45, 2.75) is 6.92 Å². The zero-order valence-electron chi connectivity index (χ0n) is 10.1. The highest BCUT2D eigenvalue weighted by molar-refractivity contribution is 5.97. The maximum atomic E-state index is 10.8. The summed E-state index contributed by atoms with van der Waals surface area (Å²) in [5.41, 5.74) is 1.64. The molecule has 0 unspecified atom stereocenters. The Labute approximate surface area is 100.0 Å². The van der Waals surface area contributed by atoms with Crippen LogP contribution in [0.15, 0.2) is 24.3 Å². The normalized spacial score (nSPS) is 10.3. The third-order valence-electron chi connectivity index (χ3n) is 2.82. The van der Waals surface area contributed by atoms with E-state index in [-0.39, 0.29) is 0 Å². The Kier molecular flexibility index (Phi) is 3.00. The summed E-state index contributed by atoms with van der Waals surface area (Å²) in [7, 11) is 3.26. The highest BCUT2D eigenvalue weighted by Crippen LogP contribution is 2.36. The van der Waals surface area contributed by atoms with E-state index in [1.165, 1.54) is 0 Å². The standard InChI is InChI=1S/C14H14O3/c1-9-6-13(16-2)12-7-10(8-15)4-5-11(12)14(9)17-3/h4-8H,1-3H3. The summed E-state index contributed by atoms with van der Waals surface area (Å²) < 4.78 is 10.7. The Morgan fingerprint density at radius 2 is 1.82 bits per heavy atom. The van der Waals surface area contributed by atoms with Crippen molar-refractivity contribution in [3.05, 3.63) is 35.4 Å². The van der Waals surface area contributed by atoms with Gasteiger partial charge in [0.15, 0.2) is 0 Å². The van der Waals surface area contributed by atoms with Crippen LogP contribution in [0, 0.1) is 6.92 Å². The number of benzene rings is 2. The molecule has 0 saturated carbocycles. The minimum absolute atomic E-state index is 0.627. The molecule has 0 radical (unpaired) electrons. The fourth-order valence-electron chi connectivity index (χ4n) is 2.03. The van der Waals surface area contributed by atoms with Crippen LogP contribution in [0.4, 0.5) is 0 Å². The fourth-order valence-corrected chi connectivity index (χ4v) is 2.03. The Balaban J connectivity index is 2.86. The molecule has 88 valence electrons. The van der Waals surface area contributed by atoms with E-state index in [2.05, 4.69) is 0 Å². The predicted molar refractivity (Wildman–Crippen MR) is 67.2 cm³/mol. The van der Waals surface area contributed by atoms with Crippen LogP contribution in [0.25, 0.3) is 10.8 Å². The molecule has 0 saturated heterocycles. The summed E-state index contributed by atoms with van der Waals surface area (Å²) in [6.07, 6.45) is 0.825. The average molecular weight is 230 g/mol. The maximum absolute atomic E-state index is 10.8. The Morgan fingerprint density at radius 3 is 2.41 bits per heavy atom. The lowest BCUT2D eigenvalue weighted by Crippen LogP contribution is -1.93. The van der Waals surface area contributed by atoms with Crippen molar-refractivity contribution >= 4 is 17.1 Å². The van der Waals surface area contributed by atoms with Crippen molar-refractivity contribution < 1.29 is 14.3 Å². The quantitative estimate of drug-likeness (QED) is 0.760. The summed E-state index contributed by atoms with van der Waals surface area (Å²) in [6, 6.07) is 7.38. The van der Waals surface area contributed by atoms with Crippen LogP contribution < -0.4 is 9.47 Å². The SMILES string of the molecule is COc1cc(C)c(OC)c2ccc(C=O)cc12. The molecule has 0 bridgehead atoms. The third-order valence-corrected chi connectivity index (χ3v) is 2.82. The molecular weight excluding hydrogens is 216 g/mol. The fraction of sp³-hybridized carbons (Fsp3) is 0.214. The van der Waals surface area contributed by atoms with E-state index in [9.17, 15) is 4.79 Å². The molecule has 2 aromatic carbocycles. The molecule has 2 aromatic rings. The number of carbonyl (C=O) groups excluding carboxylic acids is 1. The molecule has 0 aliphatic heterocycles. The van der Waals surface area contributed by atoms with Gasteiger partial charge in [0.2, 0.25) is 0 Å². The van der Waals surface area contributed by atoms with Crippen LogP contribution in [0.2, 0.25) is 0 Å². The highest BCUT2D eigenvalue weighted by Gasteiger charge is 2.11. The molecule has 2 rings (SSSR count). The number of hydrogen-bond donors (Lipinski definition) is 0. The molecule has 0 amide bonds. The van der Waals surface area contributed by atoms with Gasteiger partial charge in [0.1, 0.15) is 17.8 Å². The lowest BCUT2D eigenvalue weighted by Gasteiger charge is -2.13. The monoisotopic (exact) mass is 230 g/mol. The van der Waals surface area contributed by atoms with E-state index >= 15 is 0 Å². The van der Waals surface area contributed by atoms with Crippen LogP contribution in [0.3, 0.4) is 0 Å². The number of fused-ring (bicyclic) bond motifs is 1. The lowest BCUT2D eigenvalue weighted by molar-refractivity contribution is 0.112. The van der Waals surface area contributed by atoms with Gasteiger partial charge in [-0.2, -0.15) is 0 Å². The zero-order chi connectivity index (χ0) is 12.4. The molecule has 0 heterocycles. The highest BCUT2D eigenvalue weighted by atomic mass is 16.5. The van der Waals surface area contributed by atoms with Gasteiger partial charge in [-0.3, -0.25) is 4.79 Å². The first kappa shape index (κ1) is 11.5. The first-order chi connectivity index (χ1) is 8.21. The van der Waals surface area contributed by atoms with Crippen LogP contribution in [-0.2, 0) is 0 Å². The molecule has 0 aliphatic carbocycles. The number of carbonyl (C=O) groups is 1. The summed E-state index contributed by atoms with van der Waals surface area (Å²) in [5, 5.41) is 1.84. The summed E-state index contributed by atoms with van der Waals surface area (Å²) in [6.45, 7) is 1.97. The third kappa shape index (κ3) is 1.84. The molecule has 3 heteroatoms. The first-order valence-electron chi connectivity index (χ1n) is 5.31. The van der Waals surface area contributed by atoms with Gasteiger partial charge in [0.05, 0.1) is 14.2 Å². The summed E-state index contributed by atoms with van der Waals surface area (Å²) in [4.78, 5) is 10.8. The van der Waals surface area contributed by atoms with Gasteiger partial charge in [-0.25, -0.2) is 0 Å². The second kappa shape index (κ2) is 4.45. The van der Waals surface area contributed by atoms with Gasteiger partial charge in [-0.15, -0.1) is 0 Å². The molecule has 0 aliphatic rings. The van der Waals surface area contributed by atoms with E-state index in [1.54, 1.807) is 20.3 Å². The van der Waals surface area contributed by atoms with Crippen molar-refractivity contribution in [3.8, 4) is 11.5 Å². The zero-order valence-corrected chi connectivity index (χ0v) is 10.1. The van der Waals surface area contributed by atoms with Crippen molar-refractivity contribution in [3.63, 3.8) is 0 Å². The Morgan fingerprint density at radius 1 is 1.06 bits per heavy atom. The number of methoxy groups -OCH3 is 2. The Hall–Kier alpha value is -2.03. The topological polar surface area (TPSA) is 35.5 Å². The van der Waals surface area contributed by atoms with E-state index in [1.807, 2.05) is 25.1 Å². The molecule has 3 nitrogen and oxygen atoms in total. The van der Waals surface area contributed by atoms with E-state index < -0.39 is 0 Å². The predicted octanol–water partition coefficient (Wildman–Crippen LogP) is 2.98. The number of rotatable bonds is 3. The Bertz CT molecular complexity index is 573. The summed E-state index contributed by atoms with van der Waals surface area (Å²) in [5.74, 6) is 1.57. The first-order valence-corrected chi connectivity index (χ1v) is 5.31. The van der Waals surface area contributed by atoms with E-state index in [4.69, 9.17) is 9.47 Å². The van der Waals surface area contributed by atoms with Gasteiger partial charge in [0.25, 0.3) is 0 Å². The van der Waals surface area contributed by atoms with Crippen molar-refractivity contribution in [1.29, 1.82) is 0 Å². The molecule has 0 spiro atoms. The number of hydrogen-bond acceptors (Lipinski definition) is 3. The smallest absolute Gasteiger partial charge is 0.150 e. The molecular formula is C14H14O3. The molecule has 17 heavy (non-hydrogen) atoms. The molecule has 0 atom stereocenters. The second-order valence-corrected chi connectivity index (χ2v) is 3.85. The minimum Gasteiger partial charge on any atom is -0.496 e. The minimum atomic E-state index is 0.627. The lowest BCUT2D eigenvalue weighted by atomic mass is 10.0. The van der Waals surface area contributed by atoms with E-state index in [0.717, 1.165) is 34.1 Å². The van der Waals surface area contributed by atoms with Gasteiger partial charge in [-0.05, 0) is 30.7 Å². The van der Waals surface area contributed by atoms with Crippen molar-refractivity contribution in [2.24, 2.45) is 0 Å².